The molecule has 3 aromatic rings. The van der Waals surface area contributed by atoms with E-state index in [4.69, 9.17) is 0 Å². The van der Waals surface area contributed by atoms with Gasteiger partial charge in [0.1, 0.15) is 11.6 Å². The second-order valence-corrected chi connectivity index (χ2v) is 7.45. The van der Waals surface area contributed by atoms with Crippen molar-refractivity contribution in [3.05, 3.63) is 77.2 Å². The second kappa shape index (κ2) is 8.07. The van der Waals surface area contributed by atoms with E-state index in [0.717, 1.165) is 11.6 Å². The molecular weight excluding hydrogens is 426 g/mol. The highest BCUT2D eigenvalue weighted by Crippen LogP contribution is 2.37. The number of hydrogen-bond donors (Lipinski definition) is 2. The lowest BCUT2D eigenvalue weighted by molar-refractivity contribution is -0.137. The Balaban J connectivity index is 1.68. The van der Waals surface area contributed by atoms with Gasteiger partial charge in [-0.25, -0.2) is 9.37 Å². The monoisotopic (exact) mass is 443 g/mol. The van der Waals surface area contributed by atoms with Gasteiger partial charge < -0.3 is 10.6 Å². The summed E-state index contributed by atoms with van der Waals surface area (Å²) < 4.78 is 53.0. The van der Waals surface area contributed by atoms with E-state index in [1.165, 1.54) is 6.92 Å². The largest absolute Gasteiger partial charge is 0.416 e. The van der Waals surface area contributed by atoms with Gasteiger partial charge in [-0.05, 0) is 42.0 Å². The maximum absolute atomic E-state index is 13.8. The average Bonchev–Trinajstić information content (AvgIpc) is 3.15. The van der Waals surface area contributed by atoms with Crippen molar-refractivity contribution < 1.29 is 27.2 Å². The number of amides is 1. The zero-order valence-electron chi connectivity index (χ0n) is 16.8. The summed E-state index contributed by atoms with van der Waals surface area (Å²) in [6, 6.07) is 10.6. The Morgan fingerprint density at radius 1 is 1.09 bits per heavy atom. The van der Waals surface area contributed by atoms with Crippen LogP contribution in [0.25, 0.3) is 11.1 Å². The molecule has 0 saturated heterocycles. The fourth-order valence-electron chi connectivity index (χ4n) is 3.67. The third kappa shape index (κ3) is 4.32. The maximum Gasteiger partial charge on any atom is 0.416 e. The fourth-order valence-corrected chi connectivity index (χ4v) is 3.67. The first-order valence-corrected chi connectivity index (χ1v) is 9.65. The van der Waals surface area contributed by atoms with Crippen LogP contribution in [0.2, 0.25) is 0 Å². The van der Waals surface area contributed by atoms with Crippen LogP contribution in [0.15, 0.2) is 54.7 Å². The van der Waals surface area contributed by atoms with Crippen molar-refractivity contribution in [1.82, 2.24) is 4.98 Å². The molecule has 1 atom stereocenters. The Bertz CT molecular complexity index is 1220. The van der Waals surface area contributed by atoms with Crippen LogP contribution in [0.1, 0.15) is 34.3 Å². The van der Waals surface area contributed by atoms with Crippen LogP contribution in [0, 0.1) is 5.82 Å². The van der Waals surface area contributed by atoms with E-state index in [0.29, 0.717) is 34.8 Å². The molecule has 0 fully saturated rings. The van der Waals surface area contributed by atoms with E-state index in [2.05, 4.69) is 15.6 Å². The van der Waals surface area contributed by atoms with Gasteiger partial charge in [0.25, 0.3) is 0 Å². The number of carbonyl (C=O) groups is 2. The van der Waals surface area contributed by atoms with Crippen molar-refractivity contribution >= 4 is 23.2 Å². The number of aromatic nitrogens is 1. The number of pyridine rings is 1. The molecule has 2 N–H and O–H groups in total. The van der Waals surface area contributed by atoms with Gasteiger partial charge in [-0.15, -0.1) is 0 Å². The zero-order chi connectivity index (χ0) is 23.0. The third-order valence-corrected chi connectivity index (χ3v) is 5.11. The fraction of sp³-hybridized carbons (Fsp3) is 0.174. The topological polar surface area (TPSA) is 71.1 Å². The van der Waals surface area contributed by atoms with E-state index >= 15 is 0 Å². The van der Waals surface area contributed by atoms with E-state index in [9.17, 15) is 27.2 Å². The standard InChI is InChI=1S/C23H17F4N3O2/c1-12(31)30-18-4-2-3-13(7-18)15-8-19-20(11-29-22(19)28-10-15)21(32)14-5-16(23(25,26)27)9-17(24)6-14/h2-10,20H,11H2,1H3,(H,28,29)(H,30,31). The summed E-state index contributed by atoms with van der Waals surface area (Å²) in [6.07, 6.45) is -3.17. The van der Waals surface area contributed by atoms with Gasteiger partial charge in [0.05, 0.1) is 11.5 Å². The molecule has 32 heavy (non-hydrogen) atoms. The molecule has 1 aliphatic heterocycles. The van der Waals surface area contributed by atoms with Crippen molar-refractivity contribution in [3.63, 3.8) is 0 Å². The number of halogens is 4. The van der Waals surface area contributed by atoms with Crippen molar-refractivity contribution in [3.8, 4) is 11.1 Å². The summed E-state index contributed by atoms with van der Waals surface area (Å²) in [5.74, 6) is -2.36. The van der Waals surface area contributed by atoms with Crippen LogP contribution in [0.3, 0.4) is 0 Å². The number of nitrogens with zero attached hydrogens (tertiary/aromatic N) is 1. The van der Waals surface area contributed by atoms with Gasteiger partial charge in [-0.2, -0.15) is 13.2 Å². The summed E-state index contributed by atoms with van der Waals surface area (Å²) in [5.41, 5.74) is 0.919. The van der Waals surface area contributed by atoms with Crippen molar-refractivity contribution in [2.75, 3.05) is 17.2 Å². The minimum absolute atomic E-state index is 0.133. The van der Waals surface area contributed by atoms with Crippen LogP contribution in [-0.2, 0) is 11.0 Å². The summed E-state index contributed by atoms with van der Waals surface area (Å²) in [7, 11) is 0. The second-order valence-electron chi connectivity index (χ2n) is 7.45. The smallest absolute Gasteiger partial charge is 0.369 e. The molecule has 2 heterocycles. The highest BCUT2D eigenvalue weighted by molar-refractivity contribution is 6.03. The van der Waals surface area contributed by atoms with Crippen LogP contribution in [-0.4, -0.2) is 23.2 Å². The molecule has 5 nitrogen and oxygen atoms in total. The number of rotatable bonds is 4. The van der Waals surface area contributed by atoms with Crippen molar-refractivity contribution in [2.24, 2.45) is 0 Å². The lowest BCUT2D eigenvalue weighted by Crippen LogP contribution is -2.16. The average molecular weight is 443 g/mol. The number of alkyl halides is 3. The van der Waals surface area contributed by atoms with Gasteiger partial charge in [0, 0.05) is 42.0 Å². The van der Waals surface area contributed by atoms with Crippen LogP contribution < -0.4 is 10.6 Å². The van der Waals surface area contributed by atoms with Gasteiger partial charge in [-0.3, -0.25) is 9.59 Å². The summed E-state index contributed by atoms with van der Waals surface area (Å²) in [4.78, 5) is 28.6. The molecule has 0 saturated carbocycles. The minimum Gasteiger partial charge on any atom is -0.369 e. The number of fused-ring (bicyclic) bond motifs is 1. The molecule has 1 aliphatic rings. The van der Waals surface area contributed by atoms with Crippen molar-refractivity contribution in [2.45, 2.75) is 19.0 Å². The molecule has 0 bridgehead atoms. The van der Waals surface area contributed by atoms with E-state index in [-0.39, 0.29) is 18.0 Å². The number of anilines is 2. The minimum atomic E-state index is -4.77. The number of ketones is 1. The molecule has 1 aromatic heterocycles. The summed E-state index contributed by atoms with van der Waals surface area (Å²) in [6.45, 7) is 1.52. The summed E-state index contributed by atoms with van der Waals surface area (Å²) >= 11 is 0. The molecule has 0 spiro atoms. The molecule has 9 heteroatoms. The maximum atomic E-state index is 13.8. The Kier molecular flexibility index (Phi) is 5.41. The molecule has 4 rings (SSSR count). The number of Topliss-reactive ketones (excluding diaryl/α,β-unsaturated/α-hetero) is 1. The lowest BCUT2D eigenvalue weighted by Gasteiger charge is -2.13. The molecule has 2 aromatic carbocycles. The Hall–Kier alpha value is -3.75. The van der Waals surface area contributed by atoms with Crippen LogP contribution in [0.4, 0.5) is 29.1 Å². The number of carbonyl (C=O) groups excluding carboxylic acids is 2. The van der Waals surface area contributed by atoms with Gasteiger partial charge in [-0.1, -0.05) is 12.1 Å². The number of nitrogens with one attached hydrogen (secondary N) is 2. The van der Waals surface area contributed by atoms with E-state index in [1.54, 1.807) is 36.5 Å². The molecule has 164 valence electrons. The first-order chi connectivity index (χ1) is 15.1. The Labute approximate surface area is 180 Å². The SMILES string of the molecule is CC(=O)Nc1cccc(-c2cnc3c(c2)C(C(=O)c2cc(F)cc(C(F)(F)F)c2)CN3)c1. The highest BCUT2D eigenvalue weighted by atomic mass is 19.4. The van der Waals surface area contributed by atoms with Crippen molar-refractivity contribution in [1.29, 1.82) is 0 Å². The number of hydrogen-bond acceptors (Lipinski definition) is 4. The molecular formula is C23H17F4N3O2. The molecule has 0 aliphatic carbocycles. The number of benzene rings is 2. The van der Waals surface area contributed by atoms with Crippen LogP contribution in [0.5, 0.6) is 0 Å². The first kappa shape index (κ1) is 21.5. The van der Waals surface area contributed by atoms with E-state index in [1.807, 2.05) is 0 Å². The lowest BCUT2D eigenvalue weighted by atomic mass is 9.91. The Morgan fingerprint density at radius 2 is 1.88 bits per heavy atom. The quantitative estimate of drug-likeness (QED) is 0.427. The zero-order valence-corrected chi connectivity index (χ0v) is 16.8. The van der Waals surface area contributed by atoms with Crippen LogP contribution >= 0.6 is 0 Å². The van der Waals surface area contributed by atoms with Gasteiger partial charge in [0.2, 0.25) is 5.91 Å². The normalized spacial score (nSPS) is 15.1. The van der Waals surface area contributed by atoms with Gasteiger partial charge in [0.15, 0.2) is 5.78 Å². The van der Waals surface area contributed by atoms with E-state index < -0.39 is 29.3 Å². The molecule has 1 unspecified atom stereocenters. The molecule has 0 radical (unpaired) electrons. The van der Waals surface area contributed by atoms with Gasteiger partial charge >= 0.3 is 6.18 Å². The first-order valence-electron chi connectivity index (χ1n) is 9.65. The predicted molar refractivity (Wildman–Crippen MR) is 111 cm³/mol. The summed E-state index contributed by atoms with van der Waals surface area (Å²) in [5, 5.41) is 5.66. The molecule has 1 amide bonds. The highest BCUT2D eigenvalue weighted by Gasteiger charge is 2.35. The Morgan fingerprint density at radius 3 is 2.59 bits per heavy atom. The predicted octanol–water partition coefficient (Wildman–Crippen LogP) is 5.26. The third-order valence-electron chi connectivity index (χ3n) is 5.11.